The van der Waals surface area contributed by atoms with Gasteiger partial charge in [-0.1, -0.05) is 6.07 Å². The van der Waals surface area contributed by atoms with E-state index in [9.17, 15) is 37.1 Å². The molecule has 158 valence electrons. The molecule has 4 N–H and O–H groups in total. The van der Waals surface area contributed by atoms with Crippen molar-refractivity contribution < 1.29 is 37.1 Å². The number of carboxylic acids is 1. The van der Waals surface area contributed by atoms with Crippen molar-refractivity contribution in [1.82, 2.24) is 5.32 Å². The highest BCUT2D eigenvalue weighted by atomic mass is 19.4. The number of carboxylic acid groups (broad SMARTS) is 1. The van der Waals surface area contributed by atoms with Crippen LogP contribution in [0, 0.1) is 5.82 Å². The van der Waals surface area contributed by atoms with Crippen LogP contribution >= 0.6 is 0 Å². The van der Waals surface area contributed by atoms with Crippen LogP contribution < -0.4 is 16.0 Å². The Hall–Kier alpha value is -3.63. The number of halogens is 4. The van der Waals surface area contributed by atoms with Gasteiger partial charge in [0.25, 0.3) is 0 Å². The van der Waals surface area contributed by atoms with E-state index in [0.29, 0.717) is 23.8 Å². The fraction of sp³-hybridized carbons (Fsp3) is 0.211. The fourth-order valence-corrected chi connectivity index (χ4v) is 3.22. The molecular formula is C19H15F4N3O4. The molecule has 3 rings (SSSR count). The summed E-state index contributed by atoms with van der Waals surface area (Å²) in [6.07, 6.45) is -4.74. The van der Waals surface area contributed by atoms with Crippen molar-refractivity contribution in [2.24, 2.45) is 5.73 Å². The monoisotopic (exact) mass is 425 g/mol. The van der Waals surface area contributed by atoms with Crippen LogP contribution in [0.3, 0.4) is 0 Å². The summed E-state index contributed by atoms with van der Waals surface area (Å²) in [4.78, 5) is 36.3. The first kappa shape index (κ1) is 21.1. The second-order valence-electron chi connectivity index (χ2n) is 6.64. The molecule has 30 heavy (non-hydrogen) atoms. The number of urea groups is 1. The van der Waals surface area contributed by atoms with Crippen molar-refractivity contribution in [1.29, 1.82) is 0 Å². The third-order valence-corrected chi connectivity index (χ3v) is 4.63. The molecular weight excluding hydrogens is 410 g/mol. The molecule has 0 aliphatic carbocycles. The van der Waals surface area contributed by atoms with E-state index in [-0.39, 0.29) is 17.7 Å². The largest absolute Gasteiger partial charge is 0.478 e. The minimum absolute atomic E-state index is 0.0153. The topological polar surface area (TPSA) is 113 Å². The molecule has 0 saturated carbocycles. The molecule has 0 aromatic heterocycles. The molecule has 3 amide bonds. The first-order valence-corrected chi connectivity index (χ1v) is 8.56. The van der Waals surface area contributed by atoms with Crippen LogP contribution in [-0.2, 0) is 23.9 Å². The van der Waals surface area contributed by atoms with Gasteiger partial charge < -0.3 is 21.1 Å². The maximum Gasteiger partial charge on any atom is 0.416 e. The van der Waals surface area contributed by atoms with Crippen molar-refractivity contribution >= 4 is 23.6 Å². The van der Waals surface area contributed by atoms with E-state index in [2.05, 4.69) is 5.32 Å². The summed E-state index contributed by atoms with van der Waals surface area (Å²) in [6.45, 7) is -0.610. The molecule has 2 aromatic rings. The summed E-state index contributed by atoms with van der Waals surface area (Å²) >= 11 is 0. The Kier molecular flexibility index (Phi) is 5.38. The average Bonchev–Trinajstić information content (AvgIpc) is 2.64. The smallest absolute Gasteiger partial charge is 0.416 e. The Morgan fingerprint density at radius 2 is 1.90 bits per heavy atom. The summed E-state index contributed by atoms with van der Waals surface area (Å²) in [5.74, 6) is -3.02. The number of hydrogen-bond acceptors (Lipinski definition) is 3. The van der Waals surface area contributed by atoms with Gasteiger partial charge in [-0.05, 0) is 35.9 Å². The number of primary amides is 1. The number of alkyl halides is 3. The molecule has 11 heteroatoms. The maximum atomic E-state index is 14.2. The zero-order chi connectivity index (χ0) is 22.2. The zero-order valence-corrected chi connectivity index (χ0v) is 15.2. The lowest BCUT2D eigenvalue weighted by molar-refractivity contribution is -0.137. The molecule has 1 atom stereocenters. The van der Waals surface area contributed by atoms with Crippen molar-refractivity contribution in [2.45, 2.75) is 25.2 Å². The summed E-state index contributed by atoms with van der Waals surface area (Å²) in [6, 6.07) is 3.52. The first-order chi connectivity index (χ1) is 14.0. The highest BCUT2D eigenvalue weighted by Crippen LogP contribution is 2.34. The second kappa shape index (κ2) is 7.65. The Bertz CT molecular complexity index is 1040. The predicted octanol–water partition coefficient (Wildman–Crippen LogP) is 2.67. The summed E-state index contributed by atoms with van der Waals surface area (Å²) in [7, 11) is 0. The average molecular weight is 425 g/mol. The van der Waals surface area contributed by atoms with Gasteiger partial charge >= 0.3 is 18.2 Å². The Morgan fingerprint density at radius 1 is 1.20 bits per heavy atom. The number of nitrogens with two attached hydrogens (primary N) is 1. The van der Waals surface area contributed by atoms with Crippen LogP contribution in [0.5, 0.6) is 0 Å². The van der Waals surface area contributed by atoms with Crippen LogP contribution in [0.1, 0.15) is 27.0 Å². The molecule has 7 nitrogen and oxygen atoms in total. The quantitative estimate of drug-likeness (QED) is 0.654. The Morgan fingerprint density at radius 3 is 2.50 bits per heavy atom. The number of benzene rings is 2. The van der Waals surface area contributed by atoms with E-state index >= 15 is 0 Å². The predicted molar refractivity (Wildman–Crippen MR) is 96.2 cm³/mol. The standard InChI is InChI=1S/C19H15F4N3O4/c20-13-4-3-12(19(21,22)23)5-11(13)8-26-15-7-10(17(28)29)2-1-9(15)6-14(16(26)27)25-18(24)30/h1-5,7,14H,6,8H2,(H,28,29)(H3,24,25,30)/t14-/m1/s1. The molecule has 0 spiro atoms. The normalized spacial score (nSPS) is 16.2. The Labute approximate surface area is 167 Å². The van der Waals surface area contributed by atoms with Crippen LogP contribution in [0.15, 0.2) is 36.4 Å². The third-order valence-electron chi connectivity index (χ3n) is 4.63. The number of carbonyl (C=O) groups excluding carboxylic acids is 2. The number of amides is 3. The van der Waals surface area contributed by atoms with Crippen molar-refractivity contribution in [3.05, 3.63) is 64.5 Å². The van der Waals surface area contributed by atoms with E-state index in [4.69, 9.17) is 5.73 Å². The second-order valence-corrected chi connectivity index (χ2v) is 6.64. The molecule has 0 saturated heterocycles. The number of carbonyl (C=O) groups is 3. The van der Waals surface area contributed by atoms with Crippen molar-refractivity contribution in [2.75, 3.05) is 4.90 Å². The molecule has 1 aliphatic rings. The van der Waals surface area contributed by atoms with E-state index in [1.54, 1.807) is 0 Å². The number of anilines is 1. The molecule has 2 aromatic carbocycles. The lowest BCUT2D eigenvalue weighted by Crippen LogP contribution is -2.53. The van der Waals surface area contributed by atoms with Crippen LogP contribution in [0.4, 0.5) is 28.0 Å². The first-order valence-electron chi connectivity index (χ1n) is 8.56. The molecule has 0 bridgehead atoms. The van der Waals surface area contributed by atoms with Crippen molar-refractivity contribution in [3.8, 4) is 0 Å². The number of aromatic carboxylic acids is 1. The number of nitrogens with zero attached hydrogens (tertiary/aromatic N) is 1. The maximum absolute atomic E-state index is 14.2. The minimum atomic E-state index is -4.72. The fourth-order valence-electron chi connectivity index (χ4n) is 3.22. The van der Waals surface area contributed by atoms with Gasteiger partial charge in [-0.2, -0.15) is 13.2 Å². The van der Waals surface area contributed by atoms with Crippen LogP contribution in [-0.4, -0.2) is 29.1 Å². The van der Waals surface area contributed by atoms with Crippen LogP contribution in [0.25, 0.3) is 0 Å². The third kappa shape index (κ3) is 4.19. The van der Waals surface area contributed by atoms with E-state index in [0.717, 1.165) is 4.90 Å². The van der Waals surface area contributed by atoms with Crippen molar-refractivity contribution in [3.63, 3.8) is 0 Å². The molecule has 0 radical (unpaired) electrons. The van der Waals surface area contributed by atoms with E-state index < -0.39 is 53.6 Å². The SMILES string of the molecule is NC(=O)N[C@@H]1Cc2ccc(C(=O)O)cc2N(Cc2cc(C(F)(F)F)ccc2F)C1=O. The summed E-state index contributed by atoms with van der Waals surface area (Å²) in [5, 5.41) is 11.4. The van der Waals surface area contributed by atoms with Gasteiger partial charge in [0.1, 0.15) is 11.9 Å². The Balaban J connectivity index is 2.08. The highest BCUT2D eigenvalue weighted by Gasteiger charge is 2.36. The molecule has 0 unspecified atom stereocenters. The molecule has 1 aliphatic heterocycles. The lowest BCUT2D eigenvalue weighted by atomic mass is 9.94. The van der Waals surface area contributed by atoms with Crippen LogP contribution in [0.2, 0.25) is 0 Å². The van der Waals surface area contributed by atoms with E-state index in [1.165, 1.54) is 18.2 Å². The van der Waals surface area contributed by atoms with Gasteiger partial charge in [0, 0.05) is 17.7 Å². The zero-order valence-electron chi connectivity index (χ0n) is 15.2. The highest BCUT2D eigenvalue weighted by molar-refractivity contribution is 6.03. The summed E-state index contributed by atoms with van der Waals surface area (Å²) < 4.78 is 53.3. The van der Waals surface area contributed by atoms with Gasteiger partial charge in [0.05, 0.1) is 17.7 Å². The number of fused-ring (bicyclic) bond motifs is 1. The lowest BCUT2D eigenvalue weighted by Gasteiger charge is -2.34. The number of hydrogen-bond donors (Lipinski definition) is 3. The van der Waals surface area contributed by atoms with Gasteiger partial charge in [0.15, 0.2) is 0 Å². The van der Waals surface area contributed by atoms with Gasteiger partial charge in [0.2, 0.25) is 5.91 Å². The number of rotatable bonds is 4. The van der Waals surface area contributed by atoms with Gasteiger partial charge in [-0.15, -0.1) is 0 Å². The van der Waals surface area contributed by atoms with E-state index in [1.807, 2.05) is 0 Å². The molecule has 1 heterocycles. The van der Waals surface area contributed by atoms with Gasteiger partial charge in [-0.25, -0.2) is 14.0 Å². The van der Waals surface area contributed by atoms with Gasteiger partial charge in [-0.3, -0.25) is 4.79 Å². The minimum Gasteiger partial charge on any atom is -0.478 e. The number of nitrogens with one attached hydrogen (secondary N) is 1. The summed E-state index contributed by atoms with van der Waals surface area (Å²) in [5.41, 5.74) is 3.91. The molecule has 0 fully saturated rings.